The van der Waals surface area contributed by atoms with Crippen molar-refractivity contribution in [2.45, 2.75) is 12.5 Å². The summed E-state index contributed by atoms with van der Waals surface area (Å²) in [6.45, 7) is -0.511. The summed E-state index contributed by atoms with van der Waals surface area (Å²) in [4.78, 5) is 44.7. The van der Waals surface area contributed by atoms with Gasteiger partial charge < -0.3 is 27.2 Å². The number of nitrogens with zero attached hydrogens (tertiary/aromatic N) is 1. The first-order chi connectivity index (χ1) is 15.7. The van der Waals surface area contributed by atoms with Gasteiger partial charge in [0.1, 0.15) is 6.73 Å². The zero-order valence-electron chi connectivity index (χ0n) is 17.2. The first-order valence-corrected chi connectivity index (χ1v) is 10.2. The van der Waals surface area contributed by atoms with Crippen LogP contribution in [-0.4, -0.2) is 42.1 Å². The highest BCUT2D eigenvalue weighted by molar-refractivity contribution is 6.34. The van der Waals surface area contributed by atoms with Crippen LogP contribution in [0.15, 0.2) is 47.5 Å². The van der Waals surface area contributed by atoms with Gasteiger partial charge in [0.25, 0.3) is 5.91 Å². The third kappa shape index (κ3) is 8.94. The van der Waals surface area contributed by atoms with E-state index in [4.69, 9.17) is 39.5 Å². The third-order valence-corrected chi connectivity index (χ3v) is 4.47. The van der Waals surface area contributed by atoms with Crippen LogP contribution in [0, 0.1) is 0 Å². The maximum atomic E-state index is 12.4. The Labute approximate surface area is 199 Å². The molecular weight excluding hydrogens is 475 g/mol. The number of carbonyl (C=O) groups excluding carboxylic acids is 2. The number of hydrogen-bond acceptors (Lipinski definition) is 6. The maximum Gasteiger partial charge on any atom is 0.305 e. The quantitative estimate of drug-likeness (QED) is 0.123. The van der Waals surface area contributed by atoms with E-state index in [9.17, 15) is 19.5 Å². The van der Waals surface area contributed by atoms with Crippen LogP contribution < -0.4 is 27.6 Å². The van der Waals surface area contributed by atoms with Gasteiger partial charge in [0, 0.05) is 15.6 Å². The summed E-state index contributed by atoms with van der Waals surface area (Å²) in [5.41, 5.74) is 14.1. The van der Waals surface area contributed by atoms with E-state index in [2.05, 4.69) is 21.1 Å². The molecule has 0 aliphatic carbocycles. The van der Waals surface area contributed by atoms with Gasteiger partial charge in [0.15, 0.2) is 0 Å². The molecule has 2 amide bonds. The lowest BCUT2D eigenvalue weighted by atomic mass is 10.0. The summed E-state index contributed by atoms with van der Waals surface area (Å²) >= 11 is 11.9. The highest BCUT2D eigenvalue weighted by atomic mass is 35.5. The number of nitrogens with one attached hydrogen (secondary N) is 3. The molecule has 0 aliphatic rings. The van der Waals surface area contributed by atoms with Crippen molar-refractivity contribution < 1.29 is 24.3 Å². The lowest BCUT2D eigenvalue weighted by Crippen LogP contribution is -2.39. The standard InChI is InChI=1S/C20H22Cl2N6O5/c21-13-4-12(5-14(22)7-13)16(8-18(30)31)27-17(29)9-25-19(32)11-2-1-3-15(6-11)26-20(24)28-33-10-23/h1-7,16H,8-10,23H2,(H,25,32)(H,27,29)(H,30,31)(H3,24,26,28). The van der Waals surface area contributed by atoms with Gasteiger partial charge in [-0.3, -0.25) is 19.2 Å². The molecule has 0 spiro atoms. The van der Waals surface area contributed by atoms with Crippen LogP contribution in [0.5, 0.6) is 0 Å². The normalized spacial score (nSPS) is 12.0. The van der Waals surface area contributed by atoms with E-state index < -0.39 is 36.8 Å². The van der Waals surface area contributed by atoms with E-state index in [0.717, 1.165) is 0 Å². The Hall–Kier alpha value is -3.38. The van der Waals surface area contributed by atoms with E-state index >= 15 is 0 Å². The predicted octanol–water partition coefficient (Wildman–Crippen LogP) is 1.44. The molecule has 0 radical (unpaired) electrons. The van der Waals surface area contributed by atoms with E-state index in [1.165, 1.54) is 30.3 Å². The molecule has 1 atom stereocenters. The van der Waals surface area contributed by atoms with Crippen LogP contribution in [0.3, 0.4) is 0 Å². The maximum absolute atomic E-state index is 12.4. The predicted molar refractivity (Wildman–Crippen MR) is 123 cm³/mol. The molecule has 0 bridgehead atoms. The SMILES string of the molecule is NCONC(N)=Nc1cccc(C(=O)NCC(=O)NC(CC(=O)O)c2cc(Cl)cc(Cl)c2)c1. The molecule has 8 N–H and O–H groups in total. The number of aliphatic imine (C=N–C) groups is 1. The second-order valence-electron chi connectivity index (χ2n) is 6.56. The van der Waals surface area contributed by atoms with Crippen molar-refractivity contribution in [2.24, 2.45) is 16.5 Å². The smallest absolute Gasteiger partial charge is 0.305 e. The minimum Gasteiger partial charge on any atom is -0.481 e. The molecule has 0 aliphatic heterocycles. The Bertz CT molecular complexity index is 1030. The Balaban J connectivity index is 2.01. The van der Waals surface area contributed by atoms with Crippen molar-refractivity contribution in [1.29, 1.82) is 0 Å². The summed E-state index contributed by atoms with van der Waals surface area (Å²) < 4.78 is 0. The molecule has 176 valence electrons. The fraction of sp³-hybridized carbons (Fsp3) is 0.200. The second-order valence-corrected chi connectivity index (χ2v) is 7.44. The van der Waals surface area contributed by atoms with Gasteiger partial charge in [-0.2, -0.15) is 0 Å². The number of amides is 2. The molecule has 0 fully saturated rings. The van der Waals surface area contributed by atoms with Crippen LogP contribution in [0.4, 0.5) is 5.69 Å². The lowest BCUT2D eigenvalue weighted by molar-refractivity contribution is -0.137. The molecule has 0 saturated heterocycles. The number of carboxylic acid groups (broad SMARTS) is 1. The lowest BCUT2D eigenvalue weighted by Gasteiger charge is -2.18. The molecule has 2 aromatic carbocycles. The van der Waals surface area contributed by atoms with Crippen LogP contribution in [0.2, 0.25) is 10.0 Å². The van der Waals surface area contributed by atoms with Crippen molar-refractivity contribution in [3.05, 3.63) is 63.6 Å². The van der Waals surface area contributed by atoms with E-state index in [1.807, 2.05) is 0 Å². The van der Waals surface area contributed by atoms with Gasteiger partial charge in [0.2, 0.25) is 11.9 Å². The monoisotopic (exact) mass is 496 g/mol. The number of aliphatic carboxylic acids is 1. The van der Waals surface area contributed by atoms with Crippen molar-refractivity contribution in [1.82, 2.24) is 16.1 Å². The van der Waals surface area contributed by atoms with Crippen molar-refractivity contribution in [3.63, 3.8) is 0 Å². The molecule has 2 rings (SSSR count). The Kier molecular flexibility index (Phi) is 9.88. The van der Waals surface area contributed by atoms with Crippen LogP contribution in [0.25, 0.3) is 0 Å². The number of hydroxylamine groups is 1. The van der Waals surface area contributed by atoms with Crippen LogP contribution in [-0.2, 0) is 14.4 Å². The number of hydrogen-bond donors (Lipinski definition) is 6. The zero-order valence-corrected chi connectivity index (χ0v) is 18.7. The Morgan fingerprint density at radius 3 is 2.45 bits per heavy atom. The zero-order chi connectivity index (χ0) is 24.4. The largest absolute Gasteiger partial charge is 0.481 e. The topological polar surface area (TPSA) is 181 Å². The molecule has 0 saturated carbocycles. The number of guanidine groups is 1. The fourth-order valence-corrected chi connectivity index (χ4v) is 3.25. The molecule has 0 aromatic heterocycles. The van der Waals surface area contributed by atoms with E-state index in [1.54, 1.807) is 12.1 Å². The average Bonchev–Trinajstić information content (AvgIpc) is 2.74. The number of carboxylic acids is 1. The van der Waals surface area contributed by atoms with Gasteiger partial charge in [-0.1, -0.05) is 29.3 Å². The van der Waals surface area contributed by atoms with Crippen LogP contribution >= 0.6 is 23.2 Å². The fourth-order valence-electron chi connectivity index (χ4n) is 2.71. The minimum absolute atomic E-state index is 0.0667. The van der Waals surface area contributed by atoms with E-state index in [-0.39, 0.29) is 18.3 Å². The Morgan fingerprint density at radius 1 is 1.12 bits per heavy atom. The second kappa shape index (κ2) is 12.6. The van der Waals surface area contributed by atoms with Crippen LogP contribution in [0.1, 0.15) is 28.4 Å². The van der Waals surface area contributed by atoms with Crippen molar-refractivity contribution in [3.8, 4) is 0 Å². The highest BCUT2D eigenvalue weighted by Crippen LogP contribution is 2.25. The molecule has 2 aromatic rings. The van der Waals surface area contributed by atoms with E-state index in [0.29, 0.717) is 21.3 Å². The van der Waals surface area contributed by atoms with Gasteiger partial charge in [-0.15, -0.1) is 0 Å². The van der Waals surface area contributed by atoms with Crippen molar-refractivity contribution >= 4 is 52.6 Å². The molecule has 13 heteroatoms. The average molecular weight is 497 g/mol. The minimum atomic E-state index is -1.14. The number of carbonyl (C=O) groups is 3. The summed E-state index contributed by atoms with van der Waals surface area (Å²) in [7, 11) is 0. The number of rotatable bonds is 10. The number of nitrogens with two attached hydrogens (primary N) is 2. The molecule has 11 nitrogen and oxygen atoms in total. The number of halogens is 2. The summed E-state index contributed by atoms with van der Waals surface area (Å²) in [5, 5.41) is 14.8. The molecule has 0 heterocycles. The Morgan fingerprint density at radius 2 is 1.82 bits per heavy atom. The van der Waals surface area contributed by atoms with Gasteiger partial charge in [0.05, 0.1) is 24.7 Å². The summed E-state index contributed by atoms with van der Waals surface area (Å²) in [6, 6.07) is 9.75. The third-order valence-electron chi connectivity index (χ3n) is 4.03. The van der Waals surface area contributed by atoms with Gasteiger partial charge >= 0.3 is 5.97 Å². The molecule has 1 unspecified atom stereocenters. The first kappa shape index (κ1) is 25.9. The summed E-state index contributed by atoms with van der Waals surface area (Å²) in [6.07, 6.45) is -0.403. The highest BCUT2D eigenvalue weighted by Gasteiger charge is 2.20. The van der Waals surface area contributed by atoms with Gasteiger partial charge in [-0.25, -0.2) is 10.5 Å². The number of benzene rings is 2. The van der Waals surface area contributed by atoms with Gasteiger partial charge in [-0.05, 0) is 42.0 Å². The first-order valence-electron chi connectivity index (χ1n) is 9.45. The van der Waals surface area contributed by atoms with Crippen molar-refractivity contribution in [2.75, 3.05) is 13.3 Å². The molecule has 33 heavy (non-hydrogen) atoms. The molecular formula is C20H22Cl2N6O5. The summed E-state index contributed by atoms with van der Waals surface area (Å²) in [5.74, 6) is -2.36.